The highest BCUT2D eigenvalue weighted by molar-refractivity contribution is 7.98. The molecule has 5 heteroatoms. The van der Waals surface area contributed by atoms with Crippen molar-refractivity contribution in [3.63, 3.8) is 0 Å². The molecule has 0 fully saturated rings. The SMILES string of the molecule is CSc1ccc(C(O)CNC(=O)C=Cc2ccoc2)cc1. The van der Waals surface area contributed by atoms with Crippen molar-refractivity contribution in [3.05, 3.63) is 60.1 Å². The van der Waals surface area contributed by atoms with Crippen LogP contribution in [0.25, 0.3) is 6.08 Å². The number of carbonyl (C=O) groups excluding carboxylic acids is 1. The zero-order chi connectivity index (χ0) is 15.1. The van der Waals surface area contributed by atoms with E-state index in [2.05, 4.69) is 5.32 Å². The molecule has 1 atom stereocenters. The number of hydrogen-bond donors (Lipinski definition) is 2. The summed E-state index contributed by atoms with van der Waals surface area (Å²) in [4.78, 5) is 12.8. The van der Waals surface area contributed by atoms with Gasteiger partial charge in [-0.25, -0.2) is 0 Å². The number of benzene rings is 1. The van der Waals surface area contributed by atoms with Gasteiger partial charge in [0.1, 0.15) is 0 Å². The molecule has 0 saturated carbocycles. The molecule has 0 saturated heterocycles. The predicted molar refractivity (Wildman–Crippen MR) is 83.9 cm³/mol. The molecule has 0 spiro atoms. The van der Waals surface area contributed by atoms with Gasteiger partial charge in [0.05, 0.1) is 18.6 Å². The van der Waals surface area contributed by atoms with E-state index < -0.39 is 6.10 Å². The van der Waals surface area contributed by atoms with E-state index in [9.17, 15) is 9.90 Å². The van der Waals surface area contributed by atoms with Gasteiger partial charge in [-0.2, -0.15) is 0 Å². The summed E-state index contributed by atoms with van der Waals surface area (Å²) in [5.41, 5.74) is 1.60. The number of carbonyl (C=O) groups is 1. The lowest BCUT2D eigenvalue weighted by Crippen LogP contribution is -2.26. The fourth-order valence-electron chi connectivity index (χ4n) is 1.74. The fourth-order valence-corrected chi connectivity index (χ4v) is 2.15. The van der Waals surface area contributed by atoms with E-state index in [1.807, 2.05) is 30.5 Å². The zero-order valence-corrected chi connectivity index (χ0v) is 12.5. The topological polar surface area (TPSA) is 62.5 Å². The Bertz CT molecular complexity index is 590. The van der Waals surface area contributed by atoms with Gasteiger partial charge in [-0.05, 0) is 36.1 Å². The standard InChI is InChI=1S/C16H17NO3S/c1-21-14-5-3-13(4-6-14)15(18)10-17-16(19)7-2-12-8-9-20-11-12/h2-9,11,15,18H,10H2,1H3,(H,17,19). The Hall–Kier alpha value is -1.98. The van der Waals surface area contributed by atoms with E-state index in [1.54, 1.807) is 36.4 Å². The van der Waals surface area contributed by atoms with Crippen molar-refractivity contribution in [1.29, 1.82) is 0 Å². The van der Waals surface area contributed by atoms with Crippen molar-refractivity contribution < 1.29 is 14.3 Å². The molecule has 1 aromatic heterocycles. The van der Waals surface area contributed by atoms with Gasteiger partial charge in [0.25, 0.3) is 0 Å². The number of aliphatic hydroxyl groups is 1. The summed E-state index contributed by atoms with van der Waals surface area (Å²) in [6, 6.07) is 9.38. The number of rotatable bonds is 6. The highest BCUT2D eigenvalue weighted by Gasteiger charge is 2.08. The molecule has 0 aliphatic heterocycles. The second-order valence-corrected chi connectivity index (χ2v) is 5.30. The Kier molecular flexibility index (Phi) is 5.66. The maximum absolute atomic E-state index is 11.6. The van der Waals surface area contributed by atoms with Crippen molar-refractivity contribution in [2.45, 2.75) is 11.0 Å². The molecule has 0 radical (unpaired) electrons. The van der Waals surface area contributed by atoms with Crippen LogP contribution >= 0.6 is 11.8 Å². The van der Waals surface area contributed by atoms with Crippen molar-refractivity contribution in [1.82, 2.24) is 5.32 Å². The molecule has 2 N–H and O–H groups in total. The predicted octanol–water partition coefficient (Wildman–Crippen LogP) is 2.86. The lowest BCUT2D eigenvalue weighted by Gasteiger charge is -2.11. The van der Waals surface area contributed by atoms with Gasteiger partial charge in [0, 0.05) is 23.1 Å². The average Bonchev–Trinajstić information content (AvgIpc) is 3.04. The van der Waals surface area contributed by atoms with E-state index in [4.69, 9.17) is 4.42 Å². The van der Waals surface area contributed by atoms with Crippen LogP contribution in [-0.2, 0) is 4.79 Å². The molecule has 1 unspecified atom stereocenters. The second kappa shape index (κ2) is 7.71. The van der Waals surface area contributed by atoms with E-state index >= 15 is 0 Å². The van der Waals surface area contributed by atoms with Gasteiger partial charge in [-0.3, -0.25) is 4.79 Å². The van der Waals surface area contributed by atoms with Crippen LogP contribution in [0.4, 0.5) is 0 Å². The van der Waals surface area contributed by atoms with Crippen LogP contribution in [0.15, 0.2) is 58.2 Å². The molecule has 4 nitrogen and oxygen atoms in total. The van der Waals surface area contributed by atoms with Crippen molar-refractivity contribution in [3.8, 4) is 0 Å². The van der Waals surface area contributed by atoms with E-state index in [0.29, 0.717) is 0 Å². The number of furan rings is 1. The summed E-state index contributed by atoms with van der Waals surface area (Å²) in [5, 5.41) is 12.7. The number of amides is 1. The third kappa shape index (κ3) is 4.81. The van der Waals surface area contributed by atoms with Crippen LogP contribution in [0.1, 0.15) is 17.2 Å². The lowest BCUT2D eigenvalue weighted by atomic mass is 10.1. The van der Waals surface area contributed by atoms with Crippen molar-refractivity contribution in [2.75, 3.05) is 12.8 Å². The monoisotopic (exact) mass is 303 g/mol. The third-order valence-corrected chi connectivity index (χ3v) is 3.68. The van der Waals surface area contributed by atoms with Crippen LogP contribution in [0.2, 0.25) is 0 Å². The summed E-state index contributed by atoms with van der Waals surface area (Å²) >= 11 is 1.64. The molecule has 110 valence electrons. The maximum Gasteiger partial charge on any atom is 0.244 e. The fraction of sp³-hybridized carbons (Fsp3) is 0.188. The molecule has 21 heavy (non-hydrogen) atoms. The Balaban J connectivity index is 1.82. The second-order valence-electron chi connectivity index (χ2n) is 4.42. The molecule has 0 aliphatic carbocycles. The summed E-state index contributed by atoms with van der Waals surface area (Å²) < 4.78 is 4.90. The minimum atomic E-state index is -0.716. The minimum Gasteiger partial charge on any atom is -0.472 e. The molecule has 1 amide bonds. The van der Waals surface area contributed by atoms with Gasteiger partial charge in [0.2, 0.25) is 5.91 Å². The van der Waals surface area contributed by atoms with Crippen LogP contribution < -0.4 is 5.32 Å². The molecular formula is C16H17NO3S. The molecule has 1 heterocycles. The third-order valence-electron chi connectivity index (χ3n) is 2.94. The van der Waals surface area contributed by atoms with Gasteiger partial charge in [0.15, 0.2) is 0 Å². The molecule has 2 rings (SSSR count). The summed E-state index contributed by atoms with van der Waals surface area (Å²) in [6.45, 7) is 0.174. The van der Waals surface area contributed by atoms with Gasteiger partial charge >= 0.3 is 0 Å². The van der Waals surface area contributed by atoms with Crippen LogP contribution in [0.5, 0.6) is 0 Å². The zero-order valence-electron chi connectivity index (χ0n) is 11.7. The Morgan fingerprint density at radius 3 is 2.76 bits per heavy atom. The molecular weight excluding hydrogens is 286 g/mol. The first kappa shape index (κ1) is 15.4. The van der Waals surface area contributed by atoms with Gasteiger partial charge in [-0.15, -0.1) is 11.8 Å². The molecule has 2 aromatic rings. The Morgan fingerprint density at radius 1 is 1.38 bits per heavy atom. The normalized spacial score (nSPS) is 12.5. The number of hydrogen-bond acceptors (Lipinski definition) is 4. The number of thioether (sulfide) groups is 1. The Labute approximate surface area is 127 Å². The largest absolute Gasteiger partial charge is 0.472 e. The molecule has 0 aliphatic rings. The van der Waals surface area contributed by atoms with Crippen molar-refractivity contribution >= 4 is 23.7 Å². The van der Waals surface area contributed by atoms with Crippen LogP contribution in [0, 0.1) is 0 Å². The average molecular weight is 303 g/mol. The van der Waals surface area contributed by atoms with Gasteiger partial charge < -0.3 is 14.8 Å². The maximum atomic E-state index is 11.6. The first-order chi connectivity index (χ1) is 10.2. The van der Waals surface area contributed by atoms with Crippen LogP contribution in [-0.4, -0.2) is 23.8 Å². The first-order valence-electron chi connectivity index (χ1n) is 6.49. The highest BCUT2D eigenvalue weighted by atomic mass is 32.2. The minimum absolute atomic E-state index is 0.174. The summed E-state index contributed by atoms with van der Waals surface area (Å²) in [5.74, 6) is -0.254. The van der Waals surface area contributed by atoms with E-state index in [0.717, 1.165) is 16.0 Å². The summed E-state index contributed by atoms with van der Waals surface area (Å²) in [6.07, 6.45) is 7.43. The summed E-state index contributed by atoms with van der Waals surface area (Å²) in [7, 11) is 0. The van der Waals surface area contributed by atoms with E-state index in [-0.39, 0.29) is 12.5 Å². The van der Waals surface area contributed by atoms with Gasteiger partial charge in [-0.1, -0.05) is 12.1 Å². The highest BCUT2D eigenvalue weighted by Crippen LogP contribution is 2.18. The first-order valence-corrected chi connectivity index (χ1v) is 7.71. The molecule has 1 aromatic carbocycles. The quantitative estimate of drug-likeness (QED) is 0.636. The van der Waals surface area contributed by atoms with E-state index in [1.165, 1.54) is 6.08 Å². The number of aliphatic hydroxyl groups excluding tert-OH is 1. The Morgan fingerprint density at radius 2 is 2.14 bits per heavy atom. The lowest BCUT2D eigenvalue weighted by molar-refractivity contribution is -0.116. The molecule has 0 bridgehead atoms. The number of nitrogens with one attached hydrogen (secondary N) is 1. The van der Waals surface area contributed by atoms with Crippen LogP contribution in [0.3, 0.4) is 0 Å². The van der Waals surface area contributed by atoms with Crippen molar-refractivity contribution in [2.24, 2.45) is 0 Å². The smallest absolute Gasteiger partial charge is 0.244 e.